The number of likely N-dealkylation sites (tertiary alicyclic amines) is 1. The number of rotatable bonds is 8. The van der Waals surface area contributed by atoms with Gasteiger partial charge in [-0.15, -0.1) is 0 Å². The maximum atomic E-state index is 12.8. The molecule has 1 aromatic carbocycles. The van der Waals surface area contributed by atoms with Crippen LogP contribution in [0.25, 0.3) is 0 Å². The van der Waals surface area contributed by atoms with Gasteiger partial charge in [-0.3, -0.25) is 9.59 Å². The van der Waals surface area contributed by atoms with E-state index in [1.54, 1.807) is 4.90 Å². The lowest BCUT2D eigenvalue weighted by molar-refractivity contribution is -0.160. The van der Waals surface area contributed by atoms with E-state index >= 15 is 0 Å². The fraction of sp³-hybridized carbons (Fsp3) is 0.636. The number of unbranched alkanes of at least 4 members (excludes halogenated alkanes) is 1. The number of hydrogen-bond donors (Lipinski definition) is 1. The number of esters is 1. The highest BCUT2D eigenvalue weighted by molar-refractivity contribution is 5.83. The molecule has 0 saturated carbocycles. The monoisotopic (exact) mass is 374 g/mol. The van der Waals surface area contributed by atoms with E-state index in [-0.39, 0.29) is 23.8 Å². The first kappa shape index (κ1) is 21.4. The molecule has 5 heteroatoms. The molecule has 27 heavy (non-hydrogen) atoms. The molecule has 1 atom stereocenters. The van der Waals surface area contributed by atoms with Gasteiger partial charge in [0.05, 0.1) is 0 Å². The van der Waals surface area contributed by atoms with Gasteiger partial charge in [-0.2, -0.15) is 0 Å². The lowest BCUT2D eigenvalue weighted by atomic mass is 9.70. The molecule has 1 fully saturated rings. The minimum absolute atomic E-state index is 0.0420. The third-order valence-corrected chi connectivity index (χ3v) is 5.11. The molecule has 0 aromatic heterocycles. The van der Waals surface area contributed by atoms with Crippen LogP contribution in [-0.4, -0.2) is 42.0 Å². The molecule has 1 saturated heterocycles. The Hall–Kier alpha value is -1.88. The molecule has 2 N–H and O–H groups in total. The summed E-state index contributed by atoms with van der Waals surface area (Å²) in [6.45, 7) is 6.84. The molecular weight excluding hydrogens is 340 g/mol. The van der Waals surface area contributed by atoms with Crippen LogP contribution in [0.5, 0.6) is 0 Å². The van der Waals surface area contributed by atoms with Gasteiger partial charge in [0.25, 0.3) is 0 Å². The van der Waals surface area contributed by atoms with Gasteiger partial charge in [0.2, 0.25) is 5.91 Å². The smallest absolute Gasteiger partial charge is 0.326 e. The SMILES string of the molecule is CC(C)(C)OC(=O)CN1CCC(CCCCN)(Cc2ccccc2)CC1=O. The van der Waals surface area contributed by atoms with Gasteiger partial charge in [-0.25, -0.2) is 0 Å². The van der Waals surface area contributed by atoms with Crippen molar-refractivity contribution in [3.63, 3.8) is 0 Å². The second-order valence-electron chi connectivity index (χ2n) is 8.74. The Labute approximate surface area is 163 Å². The number of carbonyl (C=O) groups excluding carboxylic acids is 2. The van der Waals surface area contributed by atoms with Crippen molar-refractivity contribution in [2.24, 2.45) is 11.1 Å². The molecule has 1 heterocycles. The van der Waals surface area contributed by atoms with E-state index in [1.807, 2.05) is 39.0 Å². The molecule has 1 aliphatic rings. The second kappa shape index (κ2) is 9.36. The van der Waals surface area contributed by atoms with Crippen molar-refractivity contribution in [3.05, 3.63) is 35.9 Å². The number of hydrogen-bond acceptors (Lipinski definition) is 4. The number of ether oxygens (including phenoxy) is 1. The van der Waals surface area contributed by atoms with Gasteiger partial charge in [0.15, 0.2) is 0 Å². The summed E-state index contributed by atoms with van der Waals surface area (Å²) in [5.74, 6) is -0.287. The van der Waals surface area contributed by atoms with Crippen LogP contribution >= 0.6 is 0 Å². The minimum atomic E-state index is -0.533. The van der Waals surface area contributed by atoms with E-state index in [2.05, 4.69) is 12.1 Å². The fourth-order valence-corrected chi connectivity index (χ4v) is 3.84. The highest BCUT2D eigenvalue weighted by Crippen LogP contribution is 2.40. The van der Waals surface area contributed by atoms with Gasteiger partial charge in [0.1, 0.15) is 12.1 Å². The lowest BCUT2D eigenvalue weighted by Gasteiger charge is -2.41. The van der Waals surface area contributed by atoms with Gasteiger partial charge < -0.3 is 15.4 Å². The van der Waals surface area contributed by atoms with Crippen molar-refractivity contribution in [2.75, 3.05) is 19.6 Å². The van der Waals surface area contributed by atoms with Gasteiger partial charge >= 0.3 is 5.97 Å². The van der Waals surface area contributed by atoms with Crippen LogP contribution in [0.2, 0.25) is 0 Å². The first-order valence-corrected chi connectivity index (χ1v) is 9.97. The molecule has 1 aromatic rings. The number of nitrogens with two attached hydrogens (primary N) is 1. The molecular formula is C22H34N2O3. The summed E-state index contributed by atoms with van der Waals surface area (Å²) in [6.07, 6.45) is 5.28. The van der Waals surface area contributed by atoms with Crippen LogP contribution in [0.1, 0.15) is 58.4 Å². The minimum Gasteiger partial charge on any atom is -0.459 e. The Morgan fingerprint density at radius 1 is 1.22 bits per heavy atom. The Morgan fingerprint density at radius 2 is 1.93 bits per heavy atom. The second-order valence-corrected chi connectivity index (χ2v) is 8.74. The van der Waals surface area contributed by atoms with Crippen molar-refractivity contribution >= 4 is 11.9 Å². The van der Waals surface area contributed by atoms with Crippen LogP contribution in [0.3, 0.4) is 0 Å². The summed E-state index contributed by atoms with van der Waals surface area (Å²) in [6, 6.07) is 10.4. The summed E-state index contributed by atoms with van der Waals surface area (Å²) < 4.78 is 5.37. The molecule has 1 unspecified atom stereocenters. The number of benzene rings is 1. The molecule has 0 aliphatic carbocycles. The predicted molar refractivity (Wildman–Crippen MR) is 107 cm³/mol. The topological polar surface area (TPSA) is 72.6 Å². The molecule has 0 spiro atoms. The Kier molecular flexibility index (Phi) is 7.42. The maximum absolute atomic E-state index is 12.8. The highest BCUT2D eigenvalue weighted by Gasteiger charge is 2.39. The normalized spacial score (nSPS) is 20.6. The number of carbonyl (C=O) groups is 2. The first-order chi connectivity index (χ1) is 12.7. The number of amides is 1. The molecule has 150 valence electrons. The van der Waals surface area contributed by atoms with E-state index < -0.39 is 5.60 Å². The van der Waals surface area contributed by atoms with Crippen LogP contribution in [0.4, 0.5) is 0 Å². The van der Waals surface area contributed by atoms with Gasteiger partial charge in [0, 0.05) is 13.0 Å². The first-order valence-electron chi connectivity index (χ1n) is 9.97. The van der Waals surface area contributed by atoms with Crippen LogP contribution in [-0.2, 0) is 20.7 Å². The molecule has 2 rings (SSSR count). The summed E-state index contributed by atoms with van der Waals surface area (Å²) in [5, 5.41) is 0. The van der Waals surface area contributed by atoms with Crippen molar-refractivity contribution < 1.29 is 14.3 Å². The average Bonchev–Trinajstić information content (AvgIpc) is 2.57. The molecule has 1 aliphatic heterocycles. The van der Waals surface area contributed by atoms with Crippen molar-refractivity contribution in [3.8, 4) is 0 Å². The standard InChI is InChI=1S/C22H34N2O3/c1-21(2,3)27-20(26)17-24-14-12-22(16-19(24)25,11-7-8-13-23)15-18-9-5-4-6-10-18/h4-6,9-10H,7-8,11-17,23H2,1-3H3. The number of nitrogens with zero attached hydrogens (tertiary/aromatic N) is 1. The van der Waals surface area contributed by atoms with Crippen LogP contribution < -0.4 is 5.73 Å². The van der Waals surface area contributed by atoms with Crippen molar-refractivity contribution in [1.82, 2.24) is 4.90 Å². The molecule has 1 amide bonds. The fourth-order valence-electron chi connectivity index (χ4n) is 3.84. The zero-order valence-electron chi connectivity index (χ0n) is 17.0. The van der Waals surface area contributed by atoms with Crippen LogP contribution in [0.15, 0.2) is 30.3 Å². The van der Waals surface area contributed by atoms with Gasteiger partial charge in [-0.05, 0) is 64.0 Å². The summed E-state index contributed by atoms with van der Waals surface area (Å²) in [5.41, 5.74) is 6.35. The van der Waals surface area contributed by atoms with Gasteiger partial charge in [-0.1, -0.05) is 36.8 Å². The molecule has 5 nitrogen and oxygen atoms in total. The highest BCUT2D eigenvalue weighted by atomic mass is 16.6. The summed E-state index contributed by atoms with van der Waals surface area (Å²) in [7, 11) is 0. The summed E-state index contributed by atoms with van der Waals surface area (Å²) >= 11 is 0. The van der Waals surface area contributed by atoms with Crippen molar-refractivity contribution in [1.29, 1.82) is 0 Å². The van der Waals surface area contributed by atoms with Crippen LogP contribution in [0, 0.1) is 5.41 Å². The van der Waals surface area contributed by atoms with E-state index in [0.29, 0.717) is 19.5 Å². The van der Waals surface area contributed by atoms with E-state index in [1.165, 1.54) is 5.56 Å². The zero-order valence-corrected chi connectivity index (χ0v) is 17.0. The average molecular weight is 375 g/mol. The lowest BCUT2D eigenvalue weighted by Crippen LogP contribution is -2.47. The Bertz CT molecular complexity index is 624. The van der Waals surface area contributed by atoms with E-state index in [4.69, 9.17) is 10.5 Å². The number of piperidine rings is 1. The Balaban J connectivity index is 2.03. The third kappa shape index (κ3) is 6.98. The van der Waals surface area contributed by atoms with E-state index in [9.17, 15) is 9.59 Å². The predicted octanol–water partition coefficient (Wildman–Crippen LogP) is 3.31. The zero-order chi connectivity index (χ0) is 19.9. The van der Waals surface area contributed by atoms with Crippen molar-refractivity contribution in [2.45, 2.75) is 64.9 Å². The van der Waals surface area contributed by atoms with E-state index in [0.717, 1.165) is 32.1 Å². The largest absolute Gasteiger partial charge is 0.459 e. The maximum Gasteiger partial charge on any atom is 0.326 e. The molecule has 0 radical (unpaired) electrons. The quantitative estimate of drug-likeness (QED) is 0.560. The third-order valence-electron chi connectivity index (χ3n) is 5.11. The molecule has 0 bridgehead atoms. The Morgan fingerprint density at radius 3 is 2.52 bits per heavy atom. The summed E-state index contributed by atoms with van der Waals surface area (Å²) in [4.78, 5) is 26.6.